The number of rotatable bonds is 6. The Labute approximate surface area is 88.4 Å². The topological polar surface area (TPSA) is 0 Å². The van der Waals surface area contributed by atoms with Gasteiger partial charge in [0.1, 0.15) is 0 Å². The second-order valence-corrected chi connectivity index (χ2v) is 3.11. The van der Waals surface area contributed by atoms with Crippen LogP contribution in [0.2, 0.25) is 0 Å². The molecule has 0 spiro atoms. The Kier molecular flexibility index (Phi) is 10.8. The molecule has 76 valence electrons. The molecule has 0 aliphatic heterocycles. The lowest BCUT2D eigenvalue weighted by atomic mass is 10.2. The lowest BCUT2D eigenvalue weighted by Crippen LogP contribution is -1.73. The summed E-state index contributed by atoms with van der Waals surface area (Å²) in [5.41, 5.74) is 0. The van der Waals surface area contributed by atoms with E-state index in [0.29, 0.717) is 0 Å². The number of hydrogen-bond donors (Lipinski definition) is 0. The molecule has 0 nitrogen and oxygen atoms in total. The second-order valence-electron chi connectivity index (χ2n) is 3.11. The van der Waals surface area contributed by atoms with Crippen LogP contribution in [-0.4, -0.2) is 0 Å². The van der Waals surface area contributed by atoms with Crippen molar-refractivity contribution in [3.63, 3.8) is 0 Å². The van der Waals surface area contributed by atoms with Gasteiger partial charge in [-0.3, -0.25) is 0 Å². The first-order chi connectivity index (χ1) is 6.91. The van der Waals surface area contributed by atoms with Crippen molar-refractivity contribution in [3.8, 4) is 11.8 Å². The van der Waals surface area contributed by atoms with Crippen molar-refractivity contribution in [1.29, 1.82) is 0 Å². The molecule has 0 unspecified atom stereocenters. The minimum Gasteiger partial charge on any atom is -0.0991 e. The maximum Gasteiger partial charge on any atom is 0.00922 e. The molecule has 0 aliphatic carbocycles. The summed E-state index contributed by atoms with van der Waals surface area (Å²) >= 11 is 0. The van der Waals surface area contributed by atoms with Gasteiger partial charge >= 0.3 is 0 Å². The van der Waals surface area contributed by atoms with Crippen molar-refractivity contribution in [2.75, 3.05) is 0 Å². The Morgan fingerprint density at radius 3 is 2.64 bits per heavy atom. The van der Waals surface area contributed by atoms with Crippen LogP contribution in [0.3, 0.4) is 0 Å². The Morgan fingerprint density at radius 1 is 1.07 bits per heavy atom. The van der Waals surface area contributed by atoms with Crippen LogP contribution >= 0.6 is 0 Å². The molecular formula is C14H20. The fourth-order valence-corrected chi connectivity index (χ4v) is 1.02. The lowest BCUT2D eigenvalue weighted by molar-refractivity contribution is 0.679. The molecule has 0 atom stereocenters. The zero-order chi connectivity index (χ0) is 10.5. The molecule has 14 heavy (non-hydrogen) atoms. The Balaban J connectivity index is 3.38. The van der Waals surface area contributed by atoms with Crippen molar-refractivity contribution in [3.05, 3.63) is 37.0 Å². The third-order valence-corrected chi connectivity index (χ3v) is 1.80. The van der Waals surface area contributed by atoms with Gasteiger partial charge in [-0.05, 0) is 12.5 Å². The first-order valence-corrected chi connectivity index (χ1v) is 5.34. The summed E-state index contributed by atoms with van der Waals surface area (Å²) in [4.78, 5) is 0. The van der Waals surface area contributed by atoms with Crippen molar-refractivity contribution >= 4 is 0 Å². The average Bonchev–Trinajstić information content (AvgIpc) is 2.21. The maximum absolute atomic E-state index is 3.58. The van der Waals surface area contributed by atoms with E-state index in [-0.39, 0.29) is 0 Å². The van der Waals surface area contributed by atoms with Gasteiger partial charge in [0.15, 0.2) is 0 Å². The zero-order valence-electron chi connectivity index (χ0n) is 9.13. The second kappa shape index (κ2) is 11.8. The fourth-order valence-electron chi connectivity index (χ4n) is 1.02. The SMILES string of the molecule is C=C/C=C\C=C\C#CCCCCCC. The zero-order valence-corrected chi connectivity index (χ0v) is 9.13. The summed E-state index contributed by atoms with van der Waals surface area (Å²) in [6, 6.07) is 0. The molecule has 0 saturated carbocycles. The Morgan fingerprint density at radius 2 is 1.93 bits per heavy atom. The van der Waals surface area contributed by atoms with Crippen molar-refractivity contribution in [2.45, 2.75) is 39.0 Å². The van der Waals surface area contributed by atoms with Crippen LogP contribution in [0.5, 0.6) is 0 Å². The molecule has 0 bridgehead atoms. The van der Waals surface area contributed by atoms with Gasteiger partial charge in [-0.15, -0.1) is 0 Å². The summed E-state index contributed by atoms with van der Waals surface area (Å²) in [6.45, 7) is 5.80. The van der Waals surface area contributed by atoms with Gasteiger partial charge < -0.3 is 0 Å². The monoisotopic (exact) mass is 188 g/mol. The van der Waals surface area contributed by atoms with Crippen molar-refractivity contribution in [2.24, 2.45) is 0 Å². The highest BCUT2D eigenvalue weighted by molar-refractivity contribution is 5.20. The van der Waals surface area contributed by atoms with Crippen LogP contribution in [0.4, 0.5) is 0 Å². The molecule has 0 heteroatoms. The van der Waals surface area contributed by atoms with Gasteiger partial charge in [-0.1, -0.05) is 68.9 Å². The third kappa shape index (κ3) is 10.8. The van der Waals surface area contributed by atoms with E-state index in [0.717, 1.165) is 6.42 Å². The molecule has 0 saturated heterocycles. The highest BCUT2D eigenvalue weighted by Crippen LogP contribution is 2.00. The summed E-state index contributed by atoms with van der Waals surface area (Å²) in [6.07, 6.45) is 15.6. The van der Waals surface area contributed by atoms with Gasteiger partial charge in [0.05, 0.1) is 0 Å². The molecule has 0 rings (SSSR count). The number of unbranched alkanes of at least 4 members (excludes halogenated alkanes) is 4. The molecule has 0 aromatic heterocycles. The van der Waals surface area contributed by atoms with Crippen LogP contribution in [-0.2, 0) is 0 Å². The van der Waals surface area contributed by atoms with Gasteiger partial charge in [-0.25, -0.2) is 0 Å². The normalized spacial score (nSPS) is 10.4. The molecule has 0 aromatic rings. The predicted octanol–water partition coefficient (Wildman–Crippen LogP) is 4.26. The standard InChI is InChI=1S/C14H20/c1-3-5-7-9-11-13-14-12-10-8-6-4-2/h3,5,7,9,11H,1,4,6,8,10,12H2,2H3/b7-5-,11-9+. The van der Waals surface area contributed by atoms with Crippen LogP contribution in [0.25, 0.3) is 0 Å². The van der Waals surface area contributed by atoms with Gasteiger partial charge in [0.25, 0.3) is 0 Å². The minimum atomic E-state index is 1.02. The first-order valence-electron chi connectivity index (χ1n) is 5.34. The van der Waals surface area contributed by atoms with E-state index in [9.17, 15) is 0 Å². The predicted molar refractivity (Wildman–Crippen MR) is 65.0 cm³/mol. The molecule has 0 amide bonds. The van der Waals surface area contributed by atoms with Crippen molar-refractivity contribution in [1.82, 2.24) is 0 Å². The Bertz CT molecular complexity index is 232. The van der Waals surface area contributed by atoms with Crippen LogP contribution in [0, 0.1) is 11.8 Å². The number of allylic oxidation sites excluding steroid dienone is 5. The van der Waals surface area contributed by atoms with Gasteiger partial charge in [-0.2, -0.15) is 0 Å². The van der Waals surface area contributed by atoms with Crippen LogP contribution in [0.15, 0.2) is 37.0 Å². The van der Waals surface area contributed by atoms with Crippen LogP contribution in [0.1, 0.15) is 39.0 Å². The fraction of sp³-hybridized carbons (Fsp3) is 0.429. The quantitative estimate of drug-likeness (QED) is 0.332. The largest absolute Gasteiger partial charge is 0.0991 e. The van der Waals surface area contributed by atoms with Gasteiger partial charge in [0, 0.05) is 6.42 Å². The molecule has 0 N–H and O–H groups in total. The summed E-state index contributed by atoms with van der Waals surface area (Å²) in [5.74, 6) is 6.13. The third-order valence-electron chi connectivity index (χ3n) is 1.80. The Hall–Kier alpha value is -1.22. The van der Waals surface area contributed by atoms with Crippen LogP contribution < -0.4 is 0 Å². The smallest absolute Gasteiger partial charge is 0.00922 e. The van der Waals surface area contributed by atoms with E-state index in [1.165, 1.54) is 25.7 Å². The average molecular weight is 188 g/mol. The molecule has 0 fully saturated rings. The van der Waals surface area contributed by atoms with E-state index in [4.69, 9.17) is 0 Å². The molecule has 0 heterocycles. The molecule has 0 aliphatic rings. The maximum atomic E-state index is 3.58. The van der Waals surface area contributed by atoms with E-state index < -0.39 is 0 Å². The highest BCUT2D eigenvalue weighted by atomic mass is 13.9. The first kappa shape index (κ1) is 12.8. The summed E-state index contributed by atoms with van der Waals surface area (Å²) < 4.78 is 0. The van der Waals surface area contributed by atoms with Crippen molar-refractivity contribution < 1.29 is 0 Å². The van der Waals surface area contributed by atoms with E-state index in [2.05, 4.69) is 25.3 Å². The lowest BCUT2D eigenvalue weighted by Gasteiger charge is -1.91. The highest BCUT2D eigenvalue weighted by Gasteiger charge is 1.82. The molecule has 0 aromatic carbocycles. The van der Waals surface area contributed by atoms with E-state index in [1.54, 1.807) is 6.08 Å². The van der Waals surface area contributed by atoms with E-state index >= 15 is 0 Å². The molecular weight excluding hydrogens is 168 g/mol. The summed E-state index contributed by atoms with van der Waals surface area (Å²) in [7, 11) is 0. The van der Waals surface area contributed by atoms with Gasteiger partial charge in [0.2, 0.25) is 0 Å². The summed E-state index contributed by atoms with van der Waals surface area (Å²) in [5, 5.41) is 0. The van der Waals surface area contributed by atoms with E-state index in [1.807, 2.05) is 24.3 Å². The minimum absolute atomic E-state index is 1.02. The number of hydrogen-bond acceptors (Lipinski definition) is 0. The molecule has 0 radical (unpaired) electrons.